The first-order valence-electron chi connectivity index (χ1n) is 13.3. The van der Waals surface area contributed by atoms with Crippen LogP contribution in [-0.4, -0.2) is 61.6 Å². The first-order chi connectivity index (χ1) is 20.3. The fourth-order valence-electron chi connectivity index (χ4n) is 4.84. The lowest BCUT2D eigenvalue weighted by molar-refractivity contribution is -0.113. The van der Waals surface area contributed by atoms with Crippen LogP contribution in [0.5, 0.6) is 0 Å². The second-order valence-corrected chi connectivity index (χ2v) is 11.9. The third kappa shape index (κ3) is 5.35. The Kier molecular flexibility index (Phi) is 7.19. The first kappa shape index (κ1) is 27.2. The minimum absolute atomic E-state index is 0.111. The predicted molar refractivity (Wildman–Crippen MR) is 158 cm³/mol. The topological polar surface area (TPSA) is 116 Å². The Labute approximate surface area is 243 Å². The maximum Gasteiger partial charge on any atom is 0.243 e. The van der Waals surface area contributed by atoms with E-state index in [9.17, 15) is 13.2 Å². The van der Waals surface area contributed by atoms with E-state index in [2.05, 4.69) is 20.6 Å². The molecule has 10 nitrogen and oxygen atoms in total. The summed E-state index contributed by atoms with van der Waals surface area (Å²) in [7, 11) is -3.91. The van der Waals surface area contributed by atoms with Gasteiger partial charge in [-0.15, -0.1) is 10.2 Å². The van der Waals surface area contributed by atoms with Crippen molar-refractivity contribution in [2.24, 2.45) is 0 Å². The van der Waals surface area contributed by atoms with Crippen LogP contribution < -0.4 is 0 Å². The number of piperidine rings is 1. The molecule has 0 spiro atoms. The highest BCUT2D eigenvalue weighted by Crippen LogP contribution is 2.27. The van der Waals surface area contributed by atoms with Gasteiger partial charge in [-0.3, -0.25) is 4.79 Å². The Morgan fingerprint density at radius 2 is 1.12 bits per heavy atom. The minimum Gasteiger partial charge on any atom is -0.289 e. The van der Waals surface area contributed by atoms with E-state index in [1.807, 2.05) is 62.4 Å². The van der Waals surface area contributed by atoms with E-state index >= 15 is 0 Å². The van der Waals surface area contributed by atoms with Crippen LogP contribution in [0.2, 0.25) is 0 Å². The van der Waals surface area contributed by atoms with E-state index in [4.69, 9.17) is 0 Å². The highest BCUT2D eigenvalue weighted by molar-refractivity contribution is 7.89. The molecule has 2 aromatic heterocycles. The van der Waals surface area contributed by atoms with Crippen molar-refractivity contribution in [2.45, 2.75) is 18.7 Å². The molecular weight excluding hydrogens is 550 g/mol. The van der Waals surface area contributed by atoms with Gasteiger partial charge in [-0.2, -0.15) is 4.31 Å². The van der Waals surface area contributed by atoms with Crippen molar-refractivity contribution in [2.75, 3.05) is 13.1 Å². The molecule has 0 radical (unpaired) electrons. The fourth-order valence-corrected chi connectivity index (χ4v) is 6.26. The number of para-hydroxylation sites is 2. The van der Waals surface area contributed by atoms with Gasteiger partial charge in [-0.1, -0.05) is 65.0 Å². The minimum atomic E-state index is -3.91. The number of rotatable bonds is 6. The average molecular weight is 578 g/mol. The largest absolute Gasteiger partial charge is 0.289 e. The highest BCUT2D eigenvalue weighted by Gasteiger charge is 2.34. The number of aromatic nitrogens is 6. The van der Waals surface area contributed by atoms with E-state index in [0.29, 0.717) is 11.4 Å². The Bertz CT molecular complexity index is 1850. The summed E-state index contributed by atoms with van der Waals surface area (Å²) < 4.78 is 31.8. The predicted octanol–water partition coefficient (Wildman–Crippen LogP) is 4.21. The Morgan fingerprint density at radius 1 is 0.667 bits per heavy atom. The zero-order valence-corrected chi connectivity index (χ0v) is 23.8. The molecule has 6 rings (SSSR count). The fraction of sp³-hybridized carbons (Fsp3) is 0.129. The molecule has 0 saturated carbocycles. The molecule has 0 aliphatic carbocycles. The van der Waals surface area contributed by atoms with E-state index in [1.165, 1.54) is 4.31 Å². The molecule has 210 valence electrons. The van der Waals surface area contributed by atoms with Crippen LogP contribution in [0.15, 0.2) is 107 Å². The van der Waals surface area contributed by atoms with E-state index in [0.717, 1.165) is 22.5 Å². The van der Waals surface area contributed by atoms with Crippen LogP contribution in [0.3, 0.4) is 0 Å². The standard InChI is InChI=1S/C31H27N7O3S/c1-22-10-6-8-14-29(22)37-20-26(32-34-37)16-24-18-36(42(40,41)28-12-4-3-5-13-28)19-25(31(24)39)17-27-21-38(35-33-27)30-15-9-7-11-23(30)2/h3-17,20-21H,18-19H2,1-2H3. The quantitative estimate of drug-likeness (QED) is 0.278. The van der Waals surface area contributed by atoms with Crippen LogP contribution in [0.25, 0.3) is 23.5 Å². The van der Waals surface area contributed by atoms with Crippen molar-refractivity contribution in [3.8, 4) is 11.4 Å². The summed E-state index contributed by atoms with van der Waals surface area (Å²) in [5, 5.41) is 16.9. The number of Topliss-reactive ketones (excluding diaryl/α,β-unsaturated/α-hetero) is 1. The molecule has 5 aromatic rings. The summed E-state index contributed by atoms with van der Waals surface area (Å²) in [4.78, 5) is 13.9. The molecule has 42 heavy (non-hydrogen) atoms. The van der Waals surface area contributed by atoms with Crippen LogP contribution in [0, 0.1) is 13.8 Å². The van der Waals surface area contributed by atoms with Gasteiger partial charge < -0.3 is 0 Å². The second-order valence-electron chi connectivity index (χ2n) is 10.0. The number of carbonyl (C=O) groups is 1. The van der Waals surface area contributed by atoms with Crippen LogP contribution in [0.1, 0.15) is 22.5 Å². The zero-order chi connectivity index (χ0) is 29.3. The molecule has 1 aliphatic heterocycles. The highest BCUT2D eigenvalue weighted by atomic mass is 32.2. The Morgan fingerprint density at radius 3 is 1.60 bits per heavy atom. The van der Waals surface area contributed by atoms with Crippen molar-refractivity contribution in [1.82, 2.24) is 34.3 Å². The second kappa shape index (κ2) is 11.1. The molecule has 0 unspecified atom stereocenters. The number of nitrogens with zero attached hydrogens (tertiary/aromatic N) is 7. The van der Waals surface area contributed by atoms with E-state index in [1.54, 1.807) is 64.2 Å². The number of benzene rings is 3. The average Bonchev–Trinajstić information content (AvgIpc) is 3.66. The Balaban J connectivity index is 1.38. The molecule has 1 fully saturated rings. The number of hydrogen-bond acceptors (Lipinski definition) is 7. The van der Waals surface area contributed by atoms with Gasteiger partial charge in [0.05, 0.1) is 28.7 Å². The van der Waals surface area contributed by atoms with Gasteiger partial charge in [0.25, 0.3) is 0 Å². The van der Waals surface area contributed by atoms with Gasteiger partial charge in [0.2, 0.25) is 10.0 Å². The molecule has 1 aliphatic rings. The van der Waals surface area contributed by atoms with Gasteiger partial charge in [0.15, 0.2) is 5.78 Å². The lowest BCUT2D eigenvalue weighted by Crippen LogP contribution is -2.41. The Hall–Kier alpha value is -5.00. The van der Waals surface area contributed by atoms with Crippen LogP contribution in [-0.2, 0) is 14.8 Å². The van der Waals surface area contributed by atoms with E-state index in [-0.39, 0.29) is 34.9 Å². The third-order valence-corrected chi connectivity index (χ3v) is 8.85. The summed E-state index contributed by atoms with van der Waals surface area (Å²) in [6, 6.07) is 23.7. The molecule has 0 bridgehead atoms. The van der Waals surface area contributed by atoms with Crippen LogP contribution >= 0.6 is 0 Å². The molecule has 3 aromatic carbocycles. The number of ketones is 1. The summed E-state index contributed by atoms with van der Waals surface area (Å²) in [6.45, 7) is 3.72. The van der Waals surface area contributed by atoms with Crippen molar-refractivity contribution < 1.29 is 13.2 Å². The van der Waals surface area contributed by atoms with Crippen LogP contribution in [0.4, 0.5) is 0 Å². The summed E-state index contributed by atoms with van der Waals surface area (Å²) in [5.74, 6) is -0.287. The van der Waals surface area contributed by atoms with E-state index < -0.39 is 10.0 Å². The van der Waals surface area contributed by atoms with Gasteiger partial charge in [0, 0.05) is 24.2 Å². The SMILES string of the molecule is Cc1ccccc1-n1cc(C=C2CN(S(=O)(=O)c3ccccc3)CC(=Cc3cn(-c4ccccc4C)nn3)C2=O)nn1. The van der Waals surface area contributed by atoms with Crippen molar-refractivity contribution in [3.63, 3.8) is 0 Å². The third-order valence-electron chi connectivity index (χ3n) is 7.05. The normalized spacial score (nSPS) is 16.4. The van der Waals surface area contributed by atoms with Gasteiger partial charge in [-0.05, 0) is 61.4 Å². The smallest absolute Gasteiger partial charge is 0.243 e. The number of hydrogen-bond donors (Lipinski definition) is 0. The lowest BCUT2D eigenvalue weighted by atomic mass is 9.97. The van der Waals surface area contributed by atoms with Gasteiger partial charge in [-0.25, -0.2) is 17.8 Å². The molecular formula is C31H27N7O3S. The summed E-state index contributed by atoms with van der Waals surface area (Å²) in [5.41, 5.74) is 5.16. The zero-order valence-electron chi connectivity index (χ0n) is 23.0. The van der Waals surface area contributed by atoms with Gasteiger partial charge >= 0.3 is 0 Å². The first-order valence-corrected chi connectivity index (χ1v) is 14.7. The van der Waals surface area contributed by atoms with Crippen molar-refractivity contribution in [3.05, 3.63) is 125 Å². The summed E-state index contributed by atoms with van der Waals surface area (Å²) in [6.07, 6.45) is 6.61. The molecule has 0 amide bonds. The monoisotopic (exact) mass is 577 g/mol. The molecule has 0 atom stereocenters. The number of aryl methyl sites for hydroxylation is 2. The number of sulfonamides is 1. The number of carbonyl (C=O) groups excluding carboxylic acids is 1. The molecule has 3 heterocycles. The maximum absolute atomic E-state index is 13.7. The lowest BCUT2D eigenvalue weighted by Gasteiger charge is -2.28. The maximum atomic E-state index is 13.7. The van der Waals surface area contributed by atoms with Gasteiger partial charge in [0.1, 0.15) is 11.4 Å². The summed E-state index contributed by atoms with van der Waals surface area (Å²) >= 11 is 0. The van der Waals surface area contributed by atoms with Crippen molar-refractivity contribution >= 4 is 28.0 Å². The molecule has 1 saturated heterocycles. The molecule has 11 heteroatoms. The van der Waals surface area contributed by atoms with Crippen molar-refractivity contribution in [1.29, 1.82) is 0 Å². The molecule has 0 N–H and O–H groups in total.